The van der Waals surface area contributed by atoms with E-state index in [1.165, 1.54) is 22.5 Å². The molecule has 0 unspecified atom stereocenters. The van der Waals surface area contributed by atoms with Gasteiger partial charge in [0.1, 0.15) is 0 Å². The Hall–Kier alpha value is -2.54. The average molecular weight is 286 g/mol. The summed E-state index contributed by atoms with van der Waals surface area (Å²) in [5.41, 5.74) is 7.17. The van der Waals surface area contributed by atoms with Gasteiger partial charge in [-0.2, -0.15) is 0 Å². The lowest BCUT2D eigenvalue weighted by atomic mass is 10.1. The quantitative estimate of drug-likeness (QED) is 0.581. The average Bonchev–Trinajstić information content (AvgIpc) is 2.51. The number of hydrogen-bond donors (Lipinski definition) is 0. The minimum Gasteiger partial charge on any atom is -0.310 e. The smallest absolute Gasteiger partial charge is 0.0464 e. The molecule has 0 fully saturated rings. The number of nitrogens with zero attached hydrogens (tertiary/aromatic N) is 1. The second-order valence-electron chi connectivity index (χ2n) is 5.74. The lowest BCUT2D eigenvalue weighted by molar-refractivity contribution is 1.26. The summed E-state index contributed by atoms with van der Waals surface area (Å²) in [6.45, 7) is 6.30. The highest BCUT2D eigenvalue weighted by Gasteiger charge is 2.12. The first kappa shape index (κ1) is 14.4. The molecular formula is C21H20N. The van der Waals surface area contributed by atoms with Gasteiger partial charge in [0.2, 0.25) is 0 Å². The first-order valence-electron chi connectivity index (χ1n) is 7.55. The molecule has 0 heterocycles. The van der Waals surface area contributed by atoms with Gasteiger partial charge in [0.25, 0.3) is 0 Å². The highest BCUT2D eigenvalue weighted by Crippen LogP contribution is 2.34. The Balaban J connectivity index is 2.13. The van der Waals surface area contributed by atoms with E-state index in [1.54, 1.807) is 0 Å². The number of rotatable bonds is 3. The Kier molecular flexibility index (Phi) is 3.97. The van der Waals surface area contributed by atoms with Crippen LogP contribution in [0.1, 0.15) is 16.7 Å². The molecule has 0 aliphatic carbocycles. The van der Waals surface area contributed by atoms with Crippen LogP contribution in [0.15, 0.2) is 66.7 Å². The summed E-state index contributed by atoms with van der Waals surface area (Å²) >= 11 is 0. The lowest BCUT2D eigenvalue weighted by Crippen LogP contribution is -2.10. The Morgan fingerprint density at radius 3 is 1.59 bits per heavy atom. The molecule has 3 aromatic carbocycles. The van der Waals surface area contributed by atoms with Gasteiger partial charge in [-0.1, -0.05) is 41.5 Å². The maximum atomic E-state index is 3.22. The molecule has 1 radical (unpaired) electrons. The zero-order valence-electron chi connectivity index (χ0n) is 13.3. The molecule has 109 valence electrons. The normalized spacial score (nSPS) is 10.5. The van der Waals surface area contributed by atoms with Gasteiger partial charge >= 0.3 is 0 Å². The largest absolute Gasteiger partial charge is 0.310 e. The van der Waals surface area contributed by atoms with E-state index in [0.29, 0.717) is 0 Å². The van der Waals surface area contributed by atoms with E-state index in [-0.39, 0.29) is 0 Å². The molecule has 0 aliphatic heterocycles. The second-order valence-corrected chi connectivity index (χ2v) is 5.74. The van der Waals surface area contributed by atoms with E-state index < -0.39 is 0 Å². The van der Waals surface area contributed by atoms with E-state index in [1.807, 2.05) is 6.07 Å². The van der Waals surface area contributed by atoms with Crippen molar-refractivity contribution < 1.29 is 0 Å². The molecule has 0 aliphatic rings. The van der Waals surface area contributed by atoms with E-state index in [2.05, 4.69) is 92.4 Å². The van der Waals surface area contributed by atoms with Crippen molar-refractivity contribution in [2.45, 2.75) is 20.8 Å². The van der Waals surface area contributed by atoms with Crippen molar-refractivity contribution in [3.8, 4) is 0 Å². The Morgan fingerprint density at radius 2 is 1.14 bits per heavy atom. The van der Waals surface area contributed by atoms with Crippen LogP contribution >= 0.6 is 0 Å². The molecule has 0 aromatic heterocycles. The summed E-state index contributed by atoms with van der Waals surface area (Å²) in [7, 11) is 0. The topological polar surface area (TPSA) is 3.24 Å². The van der Waals surface area contributed by atoms with Crippen LogP contribution in [-0.4, -0.2) is 0 Å². The summed E-state index contributed by atoms with van der Waals surface area (Å²) in [5, 5.41) is 0. The predicted octanol–water partition coefficient (Wildman–Crippen LogP) is 5.88. The van der Waals surface area contributed by atoms with Crippen molar-refractivity contribution in [2.75, 3.05) is 4.90 Å². The first-order chi connectivity index (χ1) is 10.6. The van der Waals surface area contributed by atoms with E-state index in [4.69, 9.17) is 0 Å². The number of benzene rings is 3. The van der Waals surface area contributed by atoms with Gasteiger partial charge in [-0.25, -0.2) is 0 Å². The van der Waals surface area contributed by atoms with E-state index in [9.17, 15) is 0 Å². The van der Waals surface area contributed by atoms with Crippen LogP contribution in [0.25, 0.3) is 0 Å². The molecule has 3 rings (SSSR count). The summed E-state index contributed by atoms with van der Waals surface area (Å²) in [6.07, 6.45) is 0. The summed E-state index contributed by atoms with van der Waals surface area (Å²) in [4.78, 5) is 2.28. The Labute approximate surface area is 132 Å². The minimum atomic E-state index is 1.14. The maximum Gasteiger partial charge on any atom is 0.0464 e. The zero-order valence-corrected chi connectivity index (χ0v) is 13.3. The van der Waals surface area contributed by atoms with Gasteiger partial charge in [-0.05, 0) is 68.8 Å². The van der Waals surface area contributed by atoms with Gasteiger partial charge in [0, 0.05) is 17.1 Å². The number of hydrogen-bond acceptors (Lipinski definition) is 1. The fourth-order valence-electron chi connectivity index (χ4n) is 2.54. The molecule has 0 bridgehead atoms. The molecule has 0 saturated heterocycles. The molecule has 1 nitrogen and oxygen atoms in total. The molecule has 0 atom stereocenters. The van der Waals surface area contributed by atoms with Gasteiger partial charge in [-0.3, -0.25) is 0 Å². The standard InChI is InChI=1S/C21H20N/c1-16-7-11-19(12-8-16)22(20-13-9-17(2)10-14-20)21-6-4-5-18(3)15-21/h4,6-15H,1-3H3. The van der Waals surface area contributed by atoms with Crippen LogP contribution in [0.3, 0.4) is 0 Å². The van der Waals surface area contributed by atoms with Crippen molar-refractivity contribution in [3.63, 3.8) is 0 Å². The molecule has 3 aromatic rings. The zero-order chi connectivity index (χ0) is 15.5. The molecule has 0 saturated carbocycles. The molecule has 22 heavy (non-hydrogen) atoms. The maximum absolute atomic E-state index is 3.22. The fourth-order valence-corrected chi connectivity index (χ4v) is 2.54. The van der Waals surface area contributed by atoms with E-state index in [0.717, 1.165) is 11.3 Å². The lowest BCUT2D eigenvalue weighted by Gasteiger charge is -2.26. The second kappa shape index (κ2) is 6.07. The van der Waals surface area contributed by atoms with Crippen LogP contribution < -0.4 is 4.90 Å². The van der Waals surface area contributed by atoms with Gasteiger partial charge in [0.05, 0.1) is 0 Å². The van der Waals surface area contributed by atoms with Crippen LogP contribution in [0.5, 0.6) is 0 Å². The summed E-state index contributed by atoms with van der Waals surface area (Å²) in [5.74, 6) is 0. The van der Waals surface area contributed by atoms with Crippen molar-refractivity contribution in [1.82, 2.24) is 0 Å². The van der Waals surface area contributed by atoms with Crippen molar-refractivity contribution >= 4 is 17.1 Å². The van der Waals surface area contributed by atoms with Gasteiger partial charge in [-0.15, -0.1) is 0 Å². The highest BCUT2D eigenvalue weighted by molar-refractivity contribution is 5.76. The minimum absolute atomic E-state index is 1.14. The predicted molar refractivity (Wildman–Crippen MR) is 94.2 cm³/mol. The third-order valence-corrected chi connectivity index (χ3v) is 3.77. The highest BCUT2D eigenvalue weighted by atomic mass is 15.1. The molecule has 0 spiro atoms. The molecule has 1 heteroatoms. The van der Waals surface area contributed by atoms with Crippen LogP contribution in [-0.2, 0) is 0 Å². The SMILES string of the molecule is Cc1[c]ccc(N(c2ccc(C)cc2)c2ccc(C)cc2)c1. The van der Waals surface area contributed by atoms with Crippen LogP contribution in [0, 0.1) is 26.8 Å². The van der Waals surface area contributed by atoms with Crippen molar-refractivity contribution in [3.05, 3.63) is 89.5 Å². The third kappa shape index (κ3) is 3.04. The van der Waals surface area contributed by atoms with Gasteiger partial charge in [0.15, 0.2) is 0 Å². The number of anilines is 3. The third-order valence-electron chi connectivity index (χ3n) is 3.77. The monoisotopic (exact) mass is 286 g/mol. The molecular weight excluding hydrogens is 266 g/mol. The first-order valence-corrected chi connectivity index (χ1v) is 7.55. The van der Waals surface area contributed by atoms with E-state index >= 15 is 0 Å². The summed E-state index contributed by atoms with van der Waals surface area (Å²) < 4.78 is 0. The number of aryl methyl sites for hydroxylation is 3. The van der Waals surface area contributed by atoms with Crippen molar-refractivity contribution in [1.29, 1.82) is 0 Å². The van der Waals surface area contributed by atoms with Crippen molar-refractivity contribution in [2.24, 2.45) is 0 Å². The van der Waals surface area contributed by atoms with Crippen LogP contribution in [0.2, 0.25) is 0 Å². The Bertz CT molecular complexity index is 709. The van der Waals surface area contributed by atoms with Crippen LogP contribution in [0.4, 0.5) is 17.1 Å². The van der Waals surface area contributed by atoms with Gasteiger partial charge < -0.3 is 4.90 Å². The Morgan fingerprint density at radius 1 is 0.636 bits per heavy atom. The fraction of sp³-hybridized carbons (Fsp3) is 0.143. The molecule has 0 amide bonds. The molecule has 0 N–H and O–H groups in total. The summed E-state index contributed by atoms with van der Waals surface area (Å²) in [6, 6.07) is 26.8.